The molecule has 1 aliphatic heterocycles. The molecule has 0 aliphatic carbocycles. The Bertz CT molecular complexity index is 404. The Morgan fingerprint density at radius 1 is 1.29 bits per heavy atom. The zero-order valence-corrected chi connectivity index (χ0v) is 11.1. The Morgan fingerprint density at radius 2 is 1.94 bits per heavy atom. The molecule has 0 amide bonds. The van der Waals surface area contributed by atoms with Crippen LogP contribution in [-0.2, 0) is 4.74 Å². The molecule has 0 aromatic heterocycles. The molecule has 1 aliphatic rings. The third-order valence-corrected chi connectivity index (χ3v) is 3.54. The maximum absolute atomic E-state index is 9.27. The van der Waals surface area contributed by atoms with Crippen LogP contribution >= 0.6 is 15.9 Å². The van der Waals surface area contributed by atoms with Crippen molar-refractivity contribution in [1.82, 2.24) is 0 Å². The Labute approximate surface area is 109 Å². The summed E-state index contributed by atoms with van der Waals surface area (Å²) in [6, 6.07) is 10.0. The summed E-state index contributed by atoms with van der Waals surface area (Å²) in [6.45, 7) is 1.74. The van der Waals surface area contributed by atoms with Crippen molar-refractivity contribution in [3.63, 3.8) is 0 Å². The van der Waals surface area contributed by atoms with Gasteiger partial charge in [-0.2, -0.15) is 5.26 Å². The first kappa shape index (κ1) is 12.4. The van der Waals surface area contributed by atoms with Crippen molar-refractivity contribution < 1.29 is 9.47 Å². The van der Waals surface area contributed by atoms with Crippen molar-refractivity contribution in [3.05, 3.63) is 28.7 Å². The normalized spacial score (nSPS) is 18.4. The number of nitriles is 1. The largest absolute Gasteiger partial charge is 0.492 e. The summed E-state index contributed by atoms with van der Waals surface area (Å²) in [7, 11) is 0. The fraction of sp³-hybridized carbons (Fsp3) is 0.462. The van der Waals surface area contributed by atoms with Crippen LogP contribution < -0.4 is 4.74 Å². The van der Waals surface area contributed by atoms with Crippen LogP contribution in [0, 0.1) is 16.7 Å². The molecule has 1 saturated heterocycles. The maximum Gasteiger partial charge on any atom is 0.119 e. The van der Waals surface area contributed by atoms with Crippen molar-refractivity contribution in [2.75, 3.05) is 19.8 Å². The molecule has 90 valence electrons. The van der Waals surface area contributed by atoms with Crippen LogP contribution in [-0.4, -0.2) is 19.8 Å². The molecule has 3 nitrogen and oxygen atoms in total. The zero-order valence-electron chi connectivity index (χ0n) is 9.49. The predicted octanol–water partition coefficient (Wildman–Crippen LogP) is 3.15. The molecule has 0 unspecified atom stereocenters. The van der Waals surface area contributed by atoms with E-state index in [0.717, 1.165) is 23.1 Å². The minimum absolute atomic E-state index is 0.384. The van der Waals surface area contributed by atoms with Crippen molar-refractivity contribution >= 4 is 15.9 Å². The van der Waals surface area contributed by atoms with Crippen LogP contribution in [0.2, 0.25) is 0 Å². The van der Waals surface area contributed by atoms with Crippen LogP contribution in [0.3, 0.4) is 0 Å². The van der Waals surface area contributed by atoms with E-state index in [9.17, 15) is 5.26 Å². The van der Waals surface area contributed by atoms with Crippen LogP contribution in [0.5, 0.6) is 5.75 Å². The van der Waals surface area contributed by atoms with E-state index < -0.39 is 0 Å². The maximum atomic E-state index is 9.27. The summed E-state index contributed by atoms with van der Waals surface area (Å²) < 4.78 is 12.0. The monoisotopic (exact) mass is 295 g/mol. The fourth-order valence-corrected chi connectivity index (χ4v) is 2.07. The number of benzene rings is 1. The SMILES string of the molecule is N#CC1(COc2ccc(Br)cc2)CCOCC1. The lowest BCUT2D eigenvalue weighted by molar-refractivity contribution is 0.0191. The molecule has 2 rings (SSSR count). The van der Waals surface area contributed by atoms with Crippen molar-refractivity contribution in [2.24, 2.45) is 5.41 Å². The number of rotatable bonds is 3. The Hall–Kier alpha value is -1.05. The third kappa shape index (κ3) is 3.21. The Morgan fingerprint density at radius 3 is 2.53 bits per heavy atom. The first-order chi connectivity index (χ1) is 8.24. The number of halogens is 1. The number of hydrogen-bond donors (Lipinski definition) is 0. The van der Waals surface area contributed by atoms with Gasteiger partial charge in [-0.3, -0.25) is 0 Å². The molecule has 1 heterocycles. The van der Waals surface area contributed by atoms with Gasteiger partial charge >= 0.3 is 0 Å². The van der Waals surface area contributed by atoms with E-state index in [-0.39, 0.29) is 5.41 Å². The summed E-state index contributed by atoms with van der Waals surface area (Å²) in [5.41, 5.74) is -0.384. The van der Waals surface area contributed by atoms with Gasteiger partial charge in [-0.1, -0.05) is 15.9 Å². The van der Waals surface area contributed by atoms with E-state index in [1.165, 1.54) is 0 Å². The van der Waals surface area contributed by atoms with Gasteiger partial charge in [-0.15, -0.1) is 0 Å². The lowest BCUT2D eigenvalue weighted by Crippen LogP contribution is -2.33. The number of ether oxygens (including phenoxy) is 2. The van der Waals surface area contributed by atoms with Crippen LogP contribution in [0.25, 0.3) is 0 Å². The van der Waals surface area contributed by atoms with Crippen LogP contribution in [0.1, 0.15) is 12.8 Å². The molecule has 0 saturated carbocycles. The van der Waals surface area contributed by atoms with E-state index in [2.05, 4.69) is 22.0 Å². The zero-order chi connectivity index (χ0) is 12.1. The first-order valence-electron chi connectivity index (χ1n) is 5.61. The Kier molecular flexibility index (Phi) is 4.03. The van der Waals surface area contributed by atoms with Gasteiger partial charge in [0.05, 0.1) is 11.5 Å². The smallest absolute Gasteiger partial charge is 0.119 e. The molecular formula is C13H14BrNO2. The topological polar surface area (TPSA) is 42.2 Å². The molecule has 1 fully saturated rings. The molecule has 17 heavy (non-hydrogen) atoms. The van der Waals surface area contributed by atoms with Gasteiger partial charge in [-0.05, 0) is 37.1 Å². The predicted molar refractivity (Wildman–Crippen MR) is 67.7 cm³/mol. The van der Waals surface area contributed by atoms with E-state index >= 15 is 0 Å². The van der Waals surface area contributed by atoms with Crippen LogP contribution in [0.4, 0.5) is 0 Å². The number of hydrogen-bond acceptors (Lipinski definition) is 3. The molecule has 0 atom stereocenters. The van der Waals surface area contributed by atoms with Gasteiger partial charge in [0.25, 0.3) is 0 Å². The van der Waals surface area contributed by atoms with Crippen molar-refractivity contribution in [2.45, 2.75) is 12.8 Å². The quantitative estimate of drug-likeness (QED) is 0.860. The second-order valence-corrected chi connectivity index (χ2v) is 5.16. The molecule has 0 spiro atoms. The van der Waals surface area contributed by atoms with E-state index in [1.54, 1.807) is 0 Å². The van der Waals surface area contributed by atoms with Crippen molar-refractivity contribution in [1.29, 1.82) is 5.26 Å². The van der Waals surface area contributed by atoms with E-state index in [1.807, 2.05) is 24.3 Å². The second-order valence-electron chi connectivity index (χ2n) is 4.25. The highest BCUT2D eigenvalue weighted by atomic mass is 79.9. The van der Waals surface area contributed by atoms with Gasteiger partial charge in [0, 0.05) is 17.7 Å². The molecule has 0 N–H and O–H groups in total. The Balaban J connectivity index is 1.96. The molecule has 1 aromatic rings. The van der Waals surface area contributed by atoms with Gasteiger partial charge in [0.2, 0.25) is 0 Å². The highest BCUT2D eigenvalue weighted by molar-refractivity contribution is 9.10. The second kappa shape index (κ2) is 5.52. The van der Waals surface area contributed by atoms with E-state index in [0.29, 0.717) is 19.8 Å². The standard InChI is InChI=1S/C13H14BrNO2/c14-11-1-3-12(4-2-11)17-10-13(9-15)5-7-16-8-6-13/h1-4H,5-8,10H2. The highest BCUT2D eigenvalue weighted by Gasteiger charge is 2.33. The van der Waals surface area contributed by atoms with Crippen LogP contribution in [0.15, 0.2) is 28.7 Å². The number of nitrogens with zero attached hydrogens (tertiary/aromatic N) is 1. The molecular weight excluding hydrogens is 282 g/mol. The summed E-state index contributed by atoms with van der Waals surface area (Å²) >= 11 is 3.37. The summed E-state index contributed by atoms with van der Waals surface area (Å²) in [5.74, 6) is 0.800. The third-order valence-electron chi connectivity index (χ3n) is 3.02. The van der Waals surface area contributed by atoms with Crippen molar-refractivity contribution in [3.8, 4) is 11.8 Å². The summed E-state index contributed by atoms with van der Waals surface area (Å²) in [4.78, 5) is 0. The highest BCUT2D eigenvalue weighted by Crippen LogP contribution is 2.30. The fourth-order valence-electron chi connectivity index (χ4n) is 1.80. The molecule has 4 heteroatoms. The molecule has 1 aromatic carbocycles. The molecule has 0 radical (unpaired) electrons. The average molecular weight is 296 g/mol. The average Bonchev–Trinajstić information content (AvgIpc) is 2.39. The van der Waals surface area contributed by atoms with Gasteiger partial charge in [0.1, 0.15) is 12.4 Å². The molecule has 0 bridgehead atoms. The summed E-state index contributed by atoms with van der Waals surface area (Å²) in [5, 5.41) is 9.27. The van der Waals surface area contributed by atoms with Gasteiger partial charge in [0.15, 0.2) is 0 Å². The lowest BCUT2D eigenvalue weighted by Gasteiger charge is -2.30. The van der Waals surface area contributed by atoms with E-state index in [4.69, 9.17) is 9.47 Å². The van der Waals surface area contributed by atoms with Gasteiger partial charge in [-0.25, -0.2) is 0 Å². The summed E-state index contributed by atoms with van der Waals surface area (Å²) in [6.07, 6.45) is 1.50. The lowest BCUT2D eigenvalue weighted by atomic mass is 9.83. The minimum Gasteiger partial charge on any atom is -0.492 e. The van der Waals surface area contributed by atoms with Gasteiger partial charge < -0.3 is 9.47 Å². The first-order valence-corrected chi connectivity index (χ1v) is 6.41. The minimum atomic E-state index is -0.384.